The molecule has 0 unspecified atom stereocenters. The Morgan fingerprint density at radius 3 is 2.70 bits per heavy atom. The van der Waals surface area contributed by atoms with Crippen LogP contribution in [-0.2, 0) is 6.42 Å². The Morgan fingerprint density at radius 2 is 2.04 bits per heavy atom. The summed E-state index contributed by atoms with van der Waals surface area (Å²) in [6.45, 7) is 2.09. The van der Waals surface area contributed by atoms with Gasteiger partial charge in [0.15, 0.2) is 0 Å². The van der Waals surface area contributed by atoms with E-state index in [-0.39, 0.29) is 22.1 Å². The van der Waals surface area contributed by atoms with Crippen LogP contribution in [0.5, 0.6) is 0 Å². The normalized spacial score (nSPS) is 13.4. The van der Waals surface area contributed by atoms with Gasteiger partial charge in [0.2, 0.25) is 0 Å². The first kappa shape index (κ1) is 15.8. The Hall–Kier alpha value is -2.11. The molecule has 0 saturated heterocycles. The molecular formula is C16H12Cl2N2O3. The fraction of sp³-hybridized carbons (Fsp3) is 0.188. The van der Waals surface area contributed by atoms with Crippen molar-refractivity contribution in [2.75, 3.05) is 6.54 Å². The Kier molecular flexibility index (Phi) is 4.00. The van der Waals surface area contributed by atoms with E-state index in [1.807, 2.05) is 0 Å². The van der Waals surface area contributed by atoms with Crippen LogP contribution in [0.1, 0.15) is 32.1 Å². The molecule has 1 aliphatic rings. The maximum absolute atomic E-state index is 12.3. The number of nitrogens with zero attached hydrogens (tertiary/aromatic N) is 1. The lowest BCUT2D eigenvalue weighted by Crippen LogP contribution is -2.34. The number of aromatic nitrogens is 1. The van der Waals surface area contributed by atoms with Crippen LogP contribution in [-0.4, -0.2) is 28.5 Å². The minimum Gasteiger partial charge on any atom is -0.478 e. The Bertz CT molecular complexity index is 850. The molecule has 2 aromatic rings. The first-order chi connectivity index (χ1) is 10.9. The first-order valence-electron chi connectivity index (χ1n) is 6.90. The Labute approximate surface area is 142 Å². The molecule has 1 aliphatic heterocycles. The van der Waals surface area contributed by atoms with Crippen molar-refractivity contribution in [3.05, 3.63) is 50.8 Å². The van der Waals surface area contributed by atoms with E-state index < -0.39 is 5.97 Å². The second-order valence-corrected chi connectivity index (χ2v) is 6.05. The SMILES string of the molecule is Cc1nc2c(c(-c3ccc(Cl)cc3Cl)c1C(=O)O)C(=O)NCC2. The molecule has 2 N–H and O–H groups in total. The van der Waals surface area contributed by atoms with Crippen molar-refractivity contribution in [2.24, 2.45) is 0 Å². The lowest BCUT2D eigenvalue weighted by Gasteiger charge is -2.22. The van der Waals surface area contributed by atoms with Crippen molar-refractivity contribution in [1.82, 2.24) is 10.3 Å². The fourth-order valence-corrected chi connectivity index (χ4v) is 3.30. The summed E-state index contributed by atoms with van der Waals surface area (Å²) >= 11 is 12.2. The number of carboxylic acid groups (broad SMARTS) is 1. The molecule has 1 aromatic heterocycles. The quantitative estimate of drug-likeness (QED) is 0.870. The number of carbonyl (C=O) groups is 2. The van der Waals surface area contributed by atoms with Gasteiger partial charge in [-0.05, 0) is 19.1 Å². The van der Waals surface area contributed by atoms with Gasteiger partial charge in [0.1, 0.15) is 0 Å². The number of carboxylic acids is 1. The molecule has 0 aliphatic carbocycles. The molecule has 0 saturated carbocycles. The highest BCUT2D eigenvalue weighted by atomic mass is 35.5. The minimum absolute atomic E-state index is 0.0231. The van der Waals surface area contributed by atoms with Crippen LogP contribution in [0, 0.1) is 6.92 Å². The first-order valence-corrected chi connectivity index (χ1v) is 7.66. The number of pyridine rings is 1. The van der Waals surface area contributed by atoms with Crippen LogP contribution >= 0.6 is 23.2 Å². The van der Waals surface area contributed by atoms with Gasteiger partial charge >= 0.3 is 5.97 Å². The zero-order valence-corrected chi connectivity index (χ0v) is 13.6. The zero-order valence-electron chi connectivity index (χ0n) is 12.1. The van der Waals surface area contributed by atoms with Crippen LogP contribution in [0.2, 0.25) is 10.0 Å². The van der Waals surface area contributed by atoms with E-state index in [1.54, 1.807) is 19.1 Å². The van der Waals surface area contributed by atoms with Crippen molar-refractivity contribution < 1.29 is 14.7 Å². The van der Waals surface area contributed by atoms with E-state index >= 15 is 0 Å². The van der Waals surface area contributed by atoms with Crippen LogP contribution < -0.4 is 5.32 Å². The van der Waals surface area contributed by atoms with Crippen LogP contribution in [0.4, 0.5) is 0 Å². The van der Waals surface area contributed by atoms with Crippen molar-refractivity contribution in [3.63, 3.8) is 0 Å². The molecule has 1 aromatic carbocycles. The van der Waals surface area contributed by atoms with E-state index in [0.717, 1.165) is 0 Å². The summed E-state index contributed by atoms with van der Waals surface area (Å²) < 4.78 is 0. The van der Waals surface area contributed by atoms with Gasteiger partial charge in [-0.15, -0.1) is 0 Å². The van der Waals surface area contributed by atoms with Gasteiger partial charge in [0.25, 0.3) is 5.91 Å². The third-order valence-electron chi connectivity index (χ3n) is 3.74. The van der Waals surface area contributed by atoms with Crippen LogP contribution in [0.15, 0.2) is 18.2 Å². The third kappa shape index (κ3) is 2.66. The highest BCUT2D eigenvalue weighted by molar-refractivity contribution is 6.36. The molecule has 0 bridgehead atoms. The van der Waals surface area contributed by atoms with Gasteiger partial charge in [-0.2, -0.15) is 0 Å². The number of hydrogen-bond donors (Lipinski definition) is 2. The maximum Gasteiger partial charge on any atom is 0.338 e. The molecule has 7 heteroatoms. The summed E-state index contributed by atoms with van der Waals surface area (Å²) in [5, 5.41) is 13.0. The van der Waals surface area contributed by atoms with Gasteiger partial charge in [-0.1, -0.05) is 29.3 Å². The number of rotatable bonds is 2. The van der Waals surface area contributed by atoms with E-state index in [2.05, 4.69) is 10.3 Å². The van der Waals surface area contributed by atoms with Crippen LogP contribution in [0.3, 0.4) is 0 Å². The number of hydrogen-bond acceptors (Lipinski definition) is 3. The number of halogens is 2. The second-order valence-electron chi connectivity index (χ2n) is 5.20. The third-order valence-corrected chi connectivity index (χ3v) is 4.29. The summed E-state index contributed by atoms with van der Waals surface area (Å²) in [4.78, 5) is 28.4. The average molecular weight is 351 g/mol. The minimum atomic E-state index is -1.16. The molecule has 0 spiro atoms. The summed E-state index contributed by atoms with van der Waals surface area (Å²) in [6.07, 6.45) is 0.542. The number of aryl methyl sites for hydroxylation is 1. The van der Waals surface area contributed by atoms with Crippen molar-refractivity contribution in [2.45, 2.75) is 13.3 Å². The maximum atomic E-state index is 12.3. The number of fused-ring (bicyclic) bond motifs is 1. The molecular weight excluding hydrogens is 339 g/mol. The molecule has 5 nitrogen and oxygen atoms in total. The standard InChI is InChI=1S/C16H12Cl2N2O3/c1-7-12(16(22)23)13(9-3-2-8(17)6-10(9)18)14-11(20-7)4-5-19-15(14)21/h2-3,6H,4-5H2,1H3,(H,19,21)(H,22,23). The number of carbonyl (C=O) groups excluding carboxylic acids is 1. The molecule has 0 fully saturated rings. The second kappa shape index (κ2) is 5.83. The van der Waals surface area contributed by atoms with E-state index in [0.29, 0.717) is 40.5 Å². The monoisotopic (exact) mass is 350 g/mol. The summed E-state index contributed by atoms with van der Waals surface area (Å²) in [7, 11) is 0. The summed E-state index contributed by atoms with van der Waals surface area (Å²) in [5.41, 5.74) is 1.92. The smallest absolute Gasteiger partial charge is 0.338 e. The van der Waals surface area contributed by atoms with Crippen molar-refractivity contribution in [3.8, 4) is 11.1 Å². The lowest BCUT2D eigenvalue weighted by atomic mass is 9.90. The predicted octanol–water partition coefficient (Wildman–Crippen LogP) is 3.35. The Balaban J connectivity index is 2.43. The largest absolute Gasteiger partial charge is 0.478 e. The molecule has 3 rings (SSSR count). The molecule has 0 radical (unpaired) electrons. The van der Waals surface area contributed by atoms with Crippen molar-refractivity contribution >= 4 is 35.1 Å². The van der Waals surface area contributed by atoms with Gasteiger partial charge in [-0.3, -0.25) is 9.78 Å². The number of benzene rings is 1. The van der Waals surface area contributed by atoms with E-state index in [4.69, 9.17) is 23.2 Å². The summed E-state index contributed by atoms with van der Waals surface area (Å²) in [5.74, 6) is -1.50. The van der Waals surface area contributed by atoms with Gasteiger partial charge < -0.3 is 10.4 Å². The molecule has 0 atom stereocenters. The summed E-state index contributed by atoms with van der Waals surface area (Å²) in [6, 6.07) is 4.75. The highest BCUT2D eigenvalue weighted by Crippen LogP contribution is 2.37. The highest BCUT2D eigenvalue weighted by Gasteiger charge is 2.30. The molecule has 1 amide bonds. The Morgan fingerprint density at radius 1 is 1.30 bits per heavy atom. The van der Waals surface area contributed by atoms with E-state index in [1.165, 1.54) is 6.07 Å². The predicted molar refractivity (Wildman–Crippen MR) is 87.4 cm³/mol. The van der Waals surface area contributed by atoms with Crippen LogP contribution in [0.25, 0.3) is 11.1 Å². The number of amides is 1. The lowest BCUT2D eigenvalue weighted by molar-refractivity contribution is 0.0696. The fourth-order valence-electron chi connectivity index (χ4n) is 2.80. The molecule has 2 heterocycles. The average Bonchev–Trinajstić information content (AvgIpc) is 2.45. The molecule has 23 heavy (non-hydrogen) atoms. The van der Waals surface area contributed by atoms with E-state index in [9.17, 15) is 14.7 Å². The van der Waals surface area contributed by atoms with Gasteiger partial charge in [0.05, 0.1) is 22.5 Å². The number of nitrogens with one attached hydrogen (secondary N) is 1. The van der Waals surface area contributed by atoms with Crippen molar-refractivity contribution in [1.29, 1.82) is 0 Å². The van der Waals surface area contributed by atoms with Gasteiger partial charge in [0, 0.05) is 34.1 Å². The zero-order chi connectivity index (χ0) is 16.7. The topological polar surface area (TPSA) is 79.3 Å². The number of aromatic carboxylic acids is 1. The van der Waals surface area contributed by atoms with Gasteiger partial charge in [-0.25, -0.2) is 4.79 Å². The molecule has 118 valence electrons.